The fraction of sp³-hybridized carbons (Fsp3) is 0.188. The van der Waals surface area contributed by atoms with Crippen molar-refractivity contribution in [3.05, 3.63) is 46.6 Å². The van der Waals surface area contributed by atoms with Crippen LogP contribution in [0.1, 0.15) is 22.5 Å². The third kappa shape index (κ3) is 3.58. The van der Waals surface area contributed by atoms with E-state index in [1.165, 1.54) is 17.5 Å². The zero-order valence-electron chi connectivity index (χ0n) is 12.5. The number of aryl methyl sites for hydroxylation is 1. The number of nitrogens with zero attached hydrogens (tertiary/aromatic N) is 2. The van der Waals surface area contributed by atoms with Gasteiger partial charge in [0.25, 0.3) is 5.91 Å². The largest absolute Gasteiger partial charge is 0.481 e. The Balaban J connectivity index is 1.69. The Labute approximate surface area is 146 Å². The van der Waals surface area contributed by atoms with Crippen LogP contribution < -0.4 is 5.32 Å². The number of fused-ring (bicyclic) bond motifs is 1. The molecule has 24 heavy (non-hydrogen) atoms. The lowest BCUT2D eigenvalue weighted by Gasteiger charge is -2.01. The van der Waals surface area contributed by atoms with E-state index in [1.807, 2.05) is 24.3 Å². The van der Waals surface area contributed by atoms with Crippen LogP contribution in [0.25, 0.3) is 10.1 Å². The van der Waals surface area contributed by atoms with Gasteiger partial charge in [-0.25, -0.2) is 0 Å². The van der Waals surface area contributed by atoms with E-state index in [-0.39, 0.29) is 12.3 Å². The van der Waals surface area contributed by atoms with Gasteiger partial charge in [-0.1, -0.05) is 29.8 Å². The Bertz CT molecular complexity index is 903. The molecule has 0 fully saturated rings. The van der Waals surface area contributed by atoms with Gasteiger partial charge in [0.05, 0.1) is 16.9 Å². The summed E-state index contributed by atoms with van der Waals surface area (Å²) in [6.45, 7) is 0.478. The Kier molecular flexibility index (Phi) is 4.82. The van der Waals surface area contributed by atoms with Crippen LogP contribution >= 0.6 is 22.9 Å². The summed E-state index contributed by atoms with van der Waals surface area (Å²) in [5.41, 5.74) is 0.545. The molecular formula is C16H14ClN3O3S. The average molecular weight is 364 g/mol. The second-order valence-electron chi connectivity index (χ2n) is 5.18. The number of halogens is 1. The average Bonchev–Trinajstić information content (AvgIpc) is 3.12. The molecule has 0 atom stereocenters. The molecule has 0 radical (unpaired) electrons. The Hall–Kier alpha value is -2.38. The fourth-order valence-corrected chi connectivity index (χ4v) is 3.70. The van der Waals surface area contributed by atoms with E-state index < -0.39 is 5.97 Å². The van der Waals surface area contributed by atoms with Crippen LogP contribution in [0, 0.1) is 0 Å². The number of anilines is 1. The lowest BCUT2D eigenvalue weighted by atomic mass is 10.2. The summed E-state index contributed by atoms with van der Waals surface area (Å²) >= 11 is 7.63. The Morgan fingerprint density at radius 1 is 1.33 bits per heavy atom. The SMILES string of the molecule is O=C(O)CCCn1cc(NC(=O)c2sc3ccccc3c2Cl)cn1. The van der Waals surface area contributed by atoms with E-state index in [0.717, 1.165) is 10.1 Å². The molecule has 1 aromatic carbocycles. The molecule has 0 unspecified atom stereocenters. The van der Waals surface area contributed by atoms with Crippen molar-refractivity contribution in [1.29, 1.82) is 0 Å². The summed E-state index contributed by atoms with van der Waals surface area (Å²) in [6, 6.07) is 7.58. The molecule has 6 nitrogen and oxygen atoms in total. The minimum Gasteiger partial charge on any atom is -0.481 e. The molecule has 0 spiro atoms. The minimum atomic E-state index is -0.838. The number of rotatable bonds is 6. The van der Waals surface area contributed by atoms with E-state index in [1.54, 1.807) is 10.9 Å². The number of nitrogens with one attached hydrogen (secondary N) is 1. The van der Waals surface area contributed by atoms with Crippen molar-refractivity contribution < 1.29 is 14.7 Å². The third-order valence-electron chi connectivity index (χ3n) is 3.41. The van der Waals surface area contributed by atoms with Gasteiger partial charge < -0.3 is 10.4 Å². The molecule has 8 heteroatoms. The van der Waals surface area contributed by atoms with E-state index in [9.17, 15) is 9.59 Å². The number of carboxylic acid groups (broad SMARTS) is 1. The molecule has 2 N–H and O–H groups in total. The van der Waals surface area contributed by atoms with Crippen molar-refractivity contribution >= 4 is 50.6 Å². The lowest BCUT2D eigenvalue weighted by Crippen LogP contribution is -2.10. The maximum atomic E-state index is 12.4. The zero-order chi connectivity index (χ0) is 17.1. The van der Waals surface area contributed by atoms with Gasteiger partial charge in [0.2, 0.25) is 0 Å². The molecule has 3 aromatic rings. The molecular weight excluding hydrogens is 350 g/mol. The van der Waals surface area contributed by atoms with E-state index in [0.29, 0.717) is 28.6 Å². The van der Waals surface area contributed by atoms with Crippen molar-refractivity contribution in [3.8, 4) is 0 Å². The molecule has 0 aliphatic heterocycles. The molecule has 0 aliphatic carbocycles. The minimum absolute atomic E-state index is 0.0823. The number of thiophene rings is 1. The number of carbonyl (C=O) groups is 2. The van der Waals surface area contributed by atoms with E-state index in [4.69, 9.17) is 16.7 Å². The Morgan fingerprint density at radius 2 is 2.12 bits per heavy atom. The summed E-state index contributed by atoms with van der Waals surface area (Å²) in [5, 5.41) is 16.8. The zero-order valence-corrected chi connectivity index (χ0v) is 14.1. The highest BCUT2D eigenvalue weighted by molar-refractivity contribution is 7.21. The van der Waals surface area contributed by atoms with Gasteiger partial charge in [0, 0.05) is 29.2 Å². The number of amides is 1. The highest BCUT2D eigenvalue weighted by atomic mass is 35.5. The molecule has 2 heterocycles. The first-order valence-corrected chi connectivity index (χ1v) is 8.46. The predicted octanol–water partition coefficient (Wildman–Crippen LogP) is 3.87. The highest BCUT2D eigenvalue weighted by Crippen LogP contribution is 2.35. The monoisotopic (exact) mass is 363 g/mol. The molecule has 2 aromatic heterocycles. The number of hydrogen-bond acceptors (Lipinski definition) is 4. The second kappa shape index (κ2) is 7.02. The molecule has 0 saturated heterocycles. The van der Waals surface area contributed by atoms with Crippen molar-refractivity contribution in [2.75, 3.05) is 5.32 Å². The molecule has 0 bridgehead atoms. The first-order chi connectivity index (χ1) is 11.5. The number of carboxylic acids is 1. The number of aliphatic carboxylic acids is 1. The van der Waals surface area contributed by atoms with Crippen LogP contribution in [0.2, 0.25) is 5.02 Å². The molecule has 3 rings (SSSR count). The lowest BCUT2D eigenvalue weighted by molar-refractivity contribution is -0.137. The second-order valence-corrected chi connectivity index (χ2v) is 6.61. The van der Waals surface area contributed by atoms with Gasteiger partial charge in [-0.3, -0.25) is 14.3 Å². The summed E-state index contributed by atoms with van der Waals surface area (Å²) in [6.07, 6.45) is 3.76. The summed E-state index contributed by atoms with van der Waals surface area (Å²) < 4.78 is 2.56. The molecule has 124 valence electrons. The van der Waals surface area contributed by atoms with Crippen molar-refractivity contribution in [1.82, 2.24) is 9.78 Å². The number of aromatic nitrogens is 2. The van der Waals surface area contributed by atoms with E-state index in [2.05, 4.69) is 10.4 Å². The normalized spacial score (nSPS) is 10.9. The van der Waals surface area contributed by atoms with Gasteiger partial charge in [0.15, 0.2) is 0 Å². The molecule has 0 aliphatic rings. The van der Waals surface area contributed by atoms with Crippen molar-refractivity contribution in [2.45, 2.75) is 19.4 Å². The molecule has 1 amide bonds. The fourth-order valence-electron chi connectivity index (χ4n) is 2.29. The first kappa shape index (κ1) is 16.5. The number of benzene rings is 1. The van der Waals surface area contributed by atoms with Gasteiger partial charge in [-0.2, -0.15) is 5.10 Å². The third-order valence-corrected chi connectivity index (χ3v) is 5.08. The number of hydrogen-bond donors (Lipinski definition) is 2. The predicted molar refractivity (Wildman–Crippen MR) is 93.9 cm³/mol. The van der Waals surface area contributed by atoms with Crippen molar-refractivity contribution in [2.24, 2.45) is 0 Å². The van der Waals surface area contributed by atoms with Crippen LogP contribution in [-0.4, -0.2) is 26.8 Å². The van der Waals surface area contributed by atoms with Crippen LogP contribution in [0.5, 0.6) is 0 Å². The topological polar surface area (TPSA) is 84.2 Å². The quantitative estimate of drug-likeness (QED) is 0.696. The summed E-state index contributed by atoms with van der Waals surface area (Å²) in [7, 11) is 0. The first-order valence-electron chi connectivity index (χ1n) is 7.27. The maximum Gasteiger partial charge on any atom is 0.303 e. The maximum absolute atomic E-state index is 12.4. The van der Waals surface area contributed by atoms with Gasteiger partial charge in [0.1, 0.15) is 4.88 Å². The van der Waals surface area contributed by atoms with E-state index >= 15 is 0 Å². The summed E-state index contributed by atoms with van der Waals surface area (Å²) in [4.78, 5) is 23.4. The van der Waals surface area contributed by atoms with Crippen LogP contribution in [0.15, 0.2) is 36.7 Å². The van der Waals surface area contributed by atoms with Crippen molar-refractivity contribution in [3.63, 3.8) is 0 Å². The standard InChI is InChI=1S/C16H14ClN3O3S/c17-14-11-4-1-2-5-12(11)24-15(14)16(23)19-10-8-18-20(9-10)7-3-6-13(21)22/h1-2,4-5,8-9H,3,6-7H2,(H,19,23)(H,21,22). The smallest absolute Gasteiger partial charge is 0.303 e. The Morgan fingerprint density at radius 3 is 2.88 bits per heavy atom. The van der Waals surface area contributed by atoms with Gasteiger partial charge >= 0.3 is 5.97 Å². The van der Waals surface area contributed by atoms with Crippen LogP contribution in [0.3, 0.4) is 0 Å². The van der Waals surface area contributed by atoms with Gasteiger partial charge in [-0.15, -0.1) is 11.3 Å². The summed E-state index contributed by atoms with van der Waals surface area (Å²) in [5.74, 6) is -1.12. The molecule has 0 saturated carbocycles. The van der Waals surface area contributed by atoms with Crippen LogP contribution in [-0.2, 0) is 11.3 Å². The van der Waals surface area contributed by atoms with Crippen LogP contribution in [0.4, 0.5) is 5.69 Å². The number of carbonyl (C=O) groups excluding carboxylic acids is 1. The van der Waals surface area contributed by atoms with Gasteiger partial charge in [-0.05, 0) is 12.5 Å². The highest BCUT2D eigenvalue weighted by Gasteiger charge is 2.17.